The van der Waals surface area contributed by atoms with Gasteiger partial charge in [0.25, 0.3) is 32.0 Å². The monoisotopic (exact) mass is 1120 g/mol. The fraction of sp³-hybridized carbons (Fsp3) is 0.308. The molecule has 0 bridgehead atoms. The molecule has 79 heavy (non-hydrogen) atoms. The molecule has 0 saturated carbocycles. The average Bonchev–Trinajstić information content (AvgIpc) is 4.02. The molecule has 0 unspecified atom stereocenters. The van der Waals surface area contributed by atoms with Crippen LogP contribution in [0.1, 0.15) is 80.6 Å². The van der Waals surface area contributed by atoms with Gasteiger partial charge in [-0.25, -0.2) is 14.8 Å². The lowest BCUT2D eigenvalue weighted by atomic mass is 10.1. The predicted molar refractivity (Wildman–Crippen MR) is 293 cm³/mol. The van der Waals surface area contributed by atoms with E-state index in [0.29, 0.717) is 80.3 Å². The molecule has 9 N–H and O–H groups in total. The number of H-pyrrole nitrogens is 1. The van der Waals surface area contributed by atoms with Crippen molar-refractivity contribution in [2.45, 2.75) is 75.8 Å². The zero-order chi connectivity index (χ0) is 57.1. The standard InChI is InChI=1S/C52H60N12O13S2/c1-33-25-34(2)48(35(3)26-33)78(72,73)63-41(51(70)71)31-59-50(69)40-32-64(42-27-36(11-13-39(42)47(40)67)28-60-52-56-20-21-57-52)22-6-17-53-45(65)15-16-46(66)54-18-7-23-77-24-8-19-55-49(68)38-12-14-44(58-29-38)62-61-30-37-9-4-5-10-43(37)79(74,75)76/h4-5,9-14,20-21,25-27,29-30,32H,6-8,15-19,22-24,28,31H2,1-3H3,(H,53,65)(H,54,66)(H,55,68)(H,58,62)(H,59,69)(H,70,71)(H2,56,57,60)(H,74,75,76)/b61-30+,63-41?. The van der Waals surface area contributed by atoms with E-state index in [9.17, 15) is 55.3 Å². The molecule has 0 aliphatic carbocycles. The van der Waals surface area contributed by atoms with E-state index in [1.54, 1.807) is 74.1 Å². The summed E-state index contributed by atoms with van der Waals surface area (Å²) < 4.78 is 70.0. The van der Waals surface area contributed by atoms with Crippen LogP contribution in [0.2, 0.25) is 0 Å². The number of sulfonamides is 1. The highest BCUT2D eigenvalue weighted by atomic mass is 32.2. The van der Waals surface area contributed by atoms with Gasteiger partial charge in [0, 0.05) is 94.5 Å². The number of pyridine rings is 2. The van der Waals surface area contributed by atoms with Gasteiger partial charge in [-0.2, -0.15) is 26.3 Å². The predicted octanol–water partition coefficient (Wildman–Crippen LogP) is 3.62. The molecule has 0 atom stereocenters. The summed E-state index contributed by atoms with van der Waals surface area (Å²) in [6, 6.07) is 17.1. The summed E-state index contributed by atoms with van der Waals surface area (Å²) >= 11 is 0. The van der Waals surface area contributed by atoms with Crippen molar-refractivity contribution >= 4 is 84.3 Å². The van der Waals surface area contributed by atoms with Crippen molar-refractivity contribution in [1.29, 1.82) is 0 Å². The Hall–Kier alpha value is -8.66. The molecule has 6 rings (SSSR count). The van der Waals surface area contributed by atoms with E-state index in [0.717, 1.165) is 11.1 Å². The van der Waals surface area contributed by atoms with Crippen molar-refractivity contribution in [3.63, 3.8) is 0 Å². The zero-order valence-corrected chi connectivity index (χ0v) is 45.0. The number of benzene rings is 3. The number of imidazole rings is 1. The largest absolute Gasteiger partial charge is 0.477 e. The minimum atomic E-state index is -4.51. The molecule has 4 amide bonds. The second-order valence-electron chi connectivity index (χ2n) is 17.9. The Kier molecular flexibility index (Phi) is 21.2. The Morgan fingerprint density at radius 1 is 0.810 bits per heavy atom. The summed E-state index contributed by atoms with van der Waals surface area (Å²) in [5.41, 5.74) is 4.00. The van der Waals surface area contributed by atoms with Gasteiger partial charge < -0.3 is 46.0 Å². The van der Waals surface area contributed by atoms with E-state index >= 15 is 0 Å². The van der Waals surface area contributed by atoms with Crippen molar-refractivity contribution in [3.8, 4) is 0 Å². The number of anilines is 2. The Morgan fingerprint density at radius 2 is 1.49 bits per heavy atom. The van der Waals surface area contributed by atoms with E-state index < -0.39 is 49.7 Å². The first-order chi connectivity index (χ1) is 37.7. The molecule has 0 aliphatic rings. The van der Waals surface area contributed by atoms with Crippen LogP contribution in [-0.2, 0) is 52.4 Å². The molecule has 0 spiro atoms. The first-order valence-corrected chi connectivity index (χ1v) is 27.6. The van der Waals surface area contributed by atoms with Crippen LogP contribution in [0.3, 0.4) is 0 Å². The number of carboxylic acids is 1. The summed E-state index contributed by atoms with van der Waals surface area (Å²) in [6.45, 7) is 6.14. The number of aliphatic carboxylic acids is 1. The number of hydrogen-bond donors (Lipinski definition) is 9. The third-order valence-electron chi connectivity index (χ3n) is 11.7. The summed E-state index contributed by atoms with van der Waals surface area (Å²) in [7, 11) is -8.95. The molecule has 25 nitrogen and oxygen atoms in total. The smallest absolute Gasteiger partial charge is 0.353 e. The molecule has 0 aliphatic heterocycles. The van der Waals surface area contributed by atoms with Gasteiger partial charge in [-0.3, -0.25) is 34.0 Å². The summed E-state index contributed by atoms with van der Waals surface area (Å²) in [5.74, 6) is -2.90. The maximum atomic E-state index is 13.8. The van der Waals surface area contributed by atoms with Gasteiger partial charge in [0.1, 0.15) is 16.3 Å². The fourth-order valence-corrected chi connectivity index (χ4v) is 10.2. The van der Waals surface area contributed by atoms with Gasteiger partial charge in [0.15, 0.2) is 11.7 Å². The Morgan fingerprint density at radius 3 is 2.14 bits per heavy atom. The number of fused-ring (bicyclic) bond motifs is 1. The molecule has 0 radical (unpaired) electrons. The number of hydrogen-bond acceptors (Lipinski definition) is 16. The normalized spacial score (nSPS) is 11.8. The maximum absolute atomic E-state index is 13.8. The first-order valence-electron chi connectivity index (χ1n) is 24.7. The van der Waals surface area contributed by atoms with Crippen LogP contribution >= 0.6 is 0 Å². The number of ether oxygens (including phenoxy) is 1. The molecule has 3 aromatic heterocycles. The first kappa shape index (κ1) is 59.6. The Labute approximate surface area is 454 Å². The van der Waals surface area contributed by atoms with E-state index in [1.165, 1.54) is 48.9 Å². The fourth-order valence-electron chi connectivity index (χ4n) is 8.06. The highest BCUT2D eigenvalue weighted by molar-refractivity contribution is 7.90. The van der Waals surface area contributed by atoms with Crippen LogP contribution in [0.4, 0.5) is 11.8 Å². The van der Waals surface area contributed by atoms with Gasteiger partial charge >= 0.3 is 5.97 Å². The summed E-state index contributed by atoms with van der Waals surface area (Å²) in [6.07, 6.45) is 8.33. The quantitative estimate of drug-likeness (QED) is 0.0140. The zero-order valence-electron chi connectivity index (χ0n) is 43.4. The SMILES string of the molecule is Cc1cc(C)c(S(=O)(=O)N=C(CNC(=O)c2cn(CCCNC(=O)CCC(=O)NCCCOCCCNC(=O)c3ccc(N/N=C/c4ccccc4S(=O)(=O)O)nc3)c3cc(CNc4ncc[nH]4)ccc3c2=O)C(=O)O)c(C)c1. The van der Waals surface area contributed by atoms with Crippen LogP contribution < -0.4 is 37.4 Å². The second-order valence-corrected chi connectivity index (χ2v) is 20.8. The van der Waals surface area contributed by atoms with E-state index in [2.05, 4.69) is 56.5 Å². The van der Waals surface area contributed by atoms with Crippen molar-refractivity contribution in [3.05, 3.63) is 141 Å². The second kappa shape index (κ2) is 28.1. The number of hydrazone groups is 1. The molecule has 6 aromatic rings. The lowest BCUT2D eigenvalue weighted by molar-refractivity contribution is -0.129. The number of aromatic amines is 1. The van der Waals surface area contributed by atoms with Crippen molar-refractivity contribution in [1.82, 2.24) is 40.8 Å². The van der Waals surface area contributed by atoms with Crippen LogP contribution in [-0.4, -0.2) is 127 Å². The maximum Gasteiger partial charge on any atom is 0.353 e. The molecule has 3 heterocycles. The van der Waals surface area contributed by atoms with Crippen LogP contribution in [0, 0.1) is 20.8 Å². The van der Waals surface area contributed by atoms with Crippen molar-refractivity contribution in [2.24, 2.45) is 9.50 Å². The molecular weight excluding hydrogens is 1060 g/mol. The third kappa shape index (κ3) is 17.7. The number of aromatic nitrogens is 4. The van der Waals surface area contributed by atoms with Crippen LogP contribution in [0.25, 0.3) is 10.9 Å². The molecule has 0 fully saturated rings. The number of nitrogens with one attached hydrogen (secondary N) is 7. The molecule has 0 saturated heterocycles. The Bertz CT molecular complexity index is 3510. The van der Waals surface area contributed by atoms with Gasteiger partial charge in [-0.15, -0.1) is 0 Å². The molecule has 3 aromatic carbocycles. The van der Waals surface area contributed by atoms with E-state index in [4.69, 9.17) is 4.74 Å². The van der Waals surface area contributed by atoms with Gasteiger partial charge in [-0.05, 0) is 87.1 Å². The minimum absolute atomic E-state index is 0.0626. The Balaban J connectivity index is 0.911. The number of carboxylic acid groups (broad SMARTS) is 1. The molecular formula is C52H60N12O13S2. The van der Waals surface area contributed by atoms with Gasteiger partial charge in [0.05, 0.1) is 28.7 Å². The summed E-state index contributed by atoms with van der Waals surface area (Å²) in [4.78, 5) is 88.2. The highest BCUT2D eigenvalue weighted by Gasteiger charge is 2.24. The number of amides is 4. The molecule has 418 valence electrons. The number of carbonyl (C=O) groups is 5. The van der Waals surface area contributed by atoms with E-state index in [-0.39, 0.29) is 75.8 Å². The van der Waals surface area contributed by atoms with Crippen molar-refractivity contribution in [2.75, 3.05) is 50.1 Å². The minimum Gasteiger partial charge on any atom is -0.477 e. The molecule has 27 heteroatoms. The lowest BCUT2D eigenvalue weighted by Gasteiger charge is -2.15. The van der Waals surface area contributed by atoms with Gasteiger partial charge in [0.2, 0.25) is 17.2 Å². The topological polar surface area (TPSA) is 364 Å². The highest BCUT2D eigenvalue weighted by Crippen LogP contribution is 2.24. The number of rotatable bonds is 29. The van der Waals surface area contributed by atoms with Crippen LogP contribution in [0.5, 0.6) is 0 Å². The van der Waals surface area contributed by atoms with E-state index in [1.807, 2.05) is 0 Å². The van der Waals surface area contributed by atoms with Gasteiger partial charge in [-0.1, -0.05) is 42.0 Å². The number of carbonyl (C=O) groups excluding carboxylic acids is 4. The lowest BCUT2D eigenvalue weighted by Crippen LogP contribution is -2.36. The van der Waals surface area contributed by atoms with Crippen LogP contribution in [0.15, 0.2) is 116 Å². The van der Waals surface area contributed by atoms with Crippen molar-refractivity contribution < 1.29 is 55.2 Å². The summed E-state index contributed by atoms with van der Waals surface area (Å²) in [5, 5.41) is 27.8. The number of nitrogens with zero attached hydrogens (tertiary/aromatic N) is 5. The third-order valence-corrected chi connectivity index (χ3v) is 14.3. The average molecular weight is 1130 g/mol. The number of aryl methyl sites for hydroxylation is 4.